The Morgan fingerprint density at radius 2 is 2.05 bits per heavy atom. The molecule has 1 amide bonds. The van der Waals surface area contributed by atoms with Gasteiger partial charge in [-0.3, -0.25) is 0 Å². The molecule has 120 valence electrons. The number of ether oxygens (including phenoxy) is 1. The summed E-state index contributed by atoms with van der Waals surface area (Å²) in [4.78, 5) is 12.2. The zero-order valence-electron chi connectivity index (χ0n) is 13.1. The van der Waals surface area contributed by atoms with Gasteiger partial charge in [0.1, 0.15) is 16.9 Å². The van der Waals surface area contributed by atoms with Crippen molar-refractivity contribution in [1.82, 2.24) is 5.32 Å². The van der Waals surface area contributed by atoms with E-state index < -0.39 is 17.2 Å². The number of aliphatic hydroxyl groups excluding tert-OH is 1. The number of alkyl carbamates (subject to hydrolysis) is 1. The van der Waals surface area contributed by atoms with E-state index in [0.717, 1.165) is 12.8 Å². The van der Waals surface area contributed by atoms with Gasteiger partial charge in [-0.25, -0.2) is 4.79 Å². The Hall–Kier alpha value is -1.68. The van der Waals surface area contributed by atoms with E-state index >= 15 is 0 Å². The molecule has 0 saturated heterocycles. The Balaban J connectivity index is 2.40. The molecule has 0 heterocycles. The number of allylic oxidation sites excluding steroid dienone is 1. The van der Waals surface area contributed by atoms with Crippen LogP contribution in [0.1, 0.15) is 45.6 Å². The van der Waals surface area contributed by atoms with E-state index in [1.165, 1.54) is 0 Å². The van der Waals surface area contributed by atoms with Crippen molar-refractivity contribution in [3.05, 3.63) is 46.7 Å². The van der Waals surface area contributed by atoms with Gasteiger partial charge < -0.3 is 15.2 Å². The summed E-state index contributed by atoms with van der Waals surface area (Å²) in [7, 11) is 0. The summed E-state index contributed by atoms with van der Waals surface area (Å²) in [5, 5.41) is 13.8. The van der Waals surface area contributed by atoms with E-state index in [0.29, 0.717) is 17.0 Å². The van der Waals surface area contributed by atoms with Crippen molar-refractivity contribution in [2.75, 3.05) is 0 Å². The lowest BCUT2D eigenvalue weighted by Crippen LogP contribution is -2.50. The Bertz CT molecular complexity index is 592. The highest BCUT2D eigenvalue weighted by molar-refractivity contribution is 6.31. The van der Waals surface area contributed by atoms with E-state index in [9.17, 15) is 9.90 Å². The van der Waals surface area contributed by atoms with Crippen LogP contribution in [0.4, 0.5) is 4.79 Å². The maximum absolute atomic E-state index is 12.2. The van der Waals surface area contributed by atoms with Gasteiger partial charge in [-0.15, -0.1) is 0 Å². The molecule has 0 radical (unpaired) electrons. The number of carbonyl (C=O) groups is 1. The predicted octanol–water partition coefficient (Wildman–Crippen LogP) is 4.69. The van der Waals surface area contributed by atoms with Crippen molar-refractivity contribution >= 4 is 17.7 Å². The molecule has 1 aliphatic rings. The lowest BCUT2D eigenvalue weighted by atomic mass is 9.79. The van der Waals surface area contributed by atoms with Crippen LogP contribution in [0.5, 0.6) is 0 Å². The first kappa shape index (κ1) is 16.7. The summed E-state index contributed by atoms with van der Waals surface area (Å²) < 4.78 is 5.34. The van der Waals surface area contributed by atoms with Gasteiger partial charge in [0.15, 0.2) is 0 Å². The van der Waals surface area contributed by atoms with Crippen LogP contribution in [0.25, 0.3) is 0 Å². The Morgan fingerprint density at radius 1 is 1.36 bits per heavy atom. The van der Waals surface area contributed by atoms with Crippen LogP contribution < -0.4 is 5.32 Å². The van der Waals surface area contributed by atoms with Gasteiger partial charge >= 0.3 is 6.09 Å². The maximum Gasteiger partial charge on any atom is 0.408 e. The largest absolute Gasteiger partial charge is 0.510 e. The van der Waals surface area contributed by atoms with Crippen LogP contribution >= 0.6 is 11.6 Å². The monoisotopic (exact) mass is 323 g/mol. The third kappa shape index (κ3) is 3.55. The Morgan fingerprint density at radius 3 is 2.64 bits per heavy atom. The van der Waals surface area contributed by atoms with Gasteiger partial charge in [0.05, 0.1) is 0 Å². The smallest absolute Gasteiger partial charge is 0.408 e. The number of carbonyl (C=O) groups excluding carboxylic acids is 1. The molecule has 4 nitrogen and oxygen atoms in total. The fourth-order valence-corrected chi connectivity index (χ4v) is 2.96. The second-order valence-electron chi connectivity index (χ2n) is 6.49. The van der Waals surface area contributed by atoms with E-state index in [2.05, 4.69) is 5.32 Å². The zero-order chi connectivity index (χ0) is 16.4. The van der Waals surface area contributed by atoms with Crippen molar-refractivity contribution < 1.29 is 14.6 Å². The molecule has 5 heteroatoms. The minimum absolute atomic E-state index is 0.109. The van der Waals surface area contributed by atoms with Crippen LogP contribution in [0.15, 0.2) is 36.1 Å². The van der Waals surface area contributed by atoms with Gasteiger partial charge in [-0.1, -0.05) is 29.8 Å². The van der Waals surface area contributed by atoms with E-state index in [1.807, 2.05) is 18.2 Å². The molecule has 1 aliphatic carbocycles. The van der Waals surface area contributed by atoms with E-state index in [4.69, 9.17) is 16.3 Å². The standard InChI is InChI=1S/C17H22ClNO3/c1-16(2,3)22-15(21)19-17(11-7-6-10-14(17)20)12-8-4-5-9-13(12)18/h4-5,8-10,20H,6-7,11H2,1-3H3,(H,19,21)/t17-/m1/s1. The number of aliphatic hydroxyl groups is 1. The summed E-state index contributed by atoms with van der Waals surface area (Å²) in [6.45, 7) is 5.39. The molecule has 1 aromatic carbocycles. The molecule has 0 fully saturated rings. The molecular formula is C17H22ClNO3. The topological polar surface area (TPSA) is 58.6 Å². The number of benzene rings is 1. The average Bonchev–Trinajstić information content (AvgIpc) is 2.40. The Kier molecular flexibility index (Phi) is 4.71. The summed E-state index contributed by atoms with van der Waals surface area (Å²) in [6.07, 6.45) is 3.33. The van der Waals surface area contributed by atoms with Crippen molar-refractivity contribution in [3.8, 4) is 0 Å². The second kappa shape index (κ2) is 6.21. The van der Waals surface area contributed by atoms with Crippen LogP contribution in [0.3, 0.4) is 0 Å². The van der Waals surface area contributed by atoms with Crippen molar-refractivity contribution in [2.24, 2.45) is 0 Å². The Labute approximate surface area is 136 Å². The number of rotatable bonds is 2. The second-order valence-corrected chi connectivity index (χ2v) is 6.90. The number of nitrogens with one attached hydrogen (secondary N) is 1. The highest BCUT2D eigenvalue weighted by atomic mass is 35.5. The normalized spacial score (nSPS) is 21.9. The number of amides is 1. The number of halogens is 1. The SMILES string of the molecule is CC(C)(C)OC(=O)N[C@@]1(c2ccccc2Cl)CCCC=C1O. The molecule has 0 spiro atoms. The first-order chi connectivity index (χ1) is 10.2. The molecule has 0 bridgehead atoms. The third-order valence-electron chi connectivity index (χ3n) is 3.58. The molecule has 0 saturated carbocycles. The molecule has 0 aliphatic heterocycles. The summed E-state index contributed by atoms with van der Waals surface area (Å²) in [5.74, 6) is 0.109. The predicted molar refractivity (Wildman–Crippen MR) is 87.1 cm³/mol. The molecule has 22 heavy (non-hydrogen) atoms. The van der Waals surface area contributed by atoms with E-state index in [1.54, 1.807) is 32.9 Å². The highest BCUT2D eigenvalue weighted by Gasteiger charge is 2.42. The quantitative estimate of drug-likeness (QED) is 0.830. The van der Waals surface area contributed by atoms with Gasteiger partial charge in [0.2, 0.25) is 0 Å². The number of hydrogen-bond acceptors (Lipinski definition) is 3. The zero-order valence-corrected chi connectivity index (χ0v) is 13.9. The lowest BCUT2D eigenvalue weighted by molar-refractivity contribution is 0.0430. The van der Waals surface area contributed by atoms with Crippen molar-refractivity contribution in [2.45, 2.75) is 51.2 Å². The van der Waals surface area contributed by atoms with Crippen LogP contribution in [0.2, 0.25) is 5.02 Å². The fourth-order valence-electron chi connectivity index (χ4n) is 2.66. The van der Waals surface area contributed by atoms with Gasteiger partial charge in [0.25, 0.3) is 0 Å². The van der Waals surface area contributed by atoms with Gasteiger partial charge in [-0.05, 0) is 52.2 Å². The van der Waals surface area contributed by atoms with Crippen LogP contribution in [-0.4, -0.2) is 16.8 Å². The minimum Gasteiger partial charge on any atom is -0.510 e. The average molecular weight is 324 g/mol. The molecule has 1 aromatic rings. The molecule has 2 rings (SSSR count). The minimum atomic E-state index is -1.03. The van der Waals surface area contributed by atoms with Gasteiger partial charge in [-0.2, -0.15) is 0 Å². The fraction of sp³-hybridized carbons (Fsp3) is 0.471. The first-order valence-electron chi connectivity index (χ1n) is 7.40. The van der Waals surface area contributed by atoms with Crippen LogP contribution in [-0.2, 0) is 10.3 Å². The maximum atomic E-state index is 12.2. The van der Waals surface area contributed by atoms with Crippen molar-refractivity contribution in [1.29, 1.82) is 0 Å². The first-order valence-corrected chi connectivity index (χ1v) is 7.78. The van der Waals surface area contributed by atoms with Crippen LogP contribution in [0, 0.1) is 0 Å². The highest BCUT2D eigenvalue weighted by Crippen LogP contribution is 2.40. The molecular weight excluding hydrogens is 302 g/mol. The third-order valence-corrected chi connectivity index (χ3v) is 3.91. The molecule has 0 unspecified atom stereocenters. The lowest BCUT2D eigenvalue weighted by Gasteiger charge is -2.38. The van der Waals surface area contributed by atoms with E-state index in [-0.39, 0.29) is 5.76 Å². The summed E-state index contributed by atoms with van der Waals surface area (Å²) in [5.41, 5.74) is -0.963. The van der Waals surface area contributed by atoms with Gasteiger partial charge in [0, 0.05) is 10.6 Å². The summed E-state index contributed by atoms with van der Waals surface area (Å²) >= 11 is 6.30. The molecule has 2 N–H and O–H groups in total. The molecule has 0 aromatic heterocycles. The number of hydrogen-bond donors (Lipinski definition) is 2. The summed E-state index contributed by atoms with van der Waals surface area (Å²) in [6, 6.07) is 7.21. The molecule has 1 atom stereocenters. The van der Waals surface area contributed by atoms with Crippen molar-refractivity contribution in [3.63, 3.8) is 0 Å².